The number of piperazine rings is 1. The lowest BCUT2D eigenvalue weighted by Gasteiger charge is -2.30. The standard InChI is InChI=1S/C16H25F2N3O.2ClH/c1-3-20(4-2)9-10-22-13-11-14(17)16(15(18)12-13)21-7-5-19-6-8-21;;/h11-12,19H,3-10H2,1-2H3;2*1H. The van der Waals surface area contributed by atoms with E-state index >= 15 is 0 Å². The smallest absolute Gasteiger partial charge is 0.153 e. The molecule has 1 saturated heterocycles. The van der Waals surface area contributed by atoms with Crippen LogP contribution in [0.5, 0.6) is 5.75 Å². The summed E-state index contributed by atoms with van der Waals surface area (Å²) >= 11 is 0. The molecule has 1 aromatic carbocycles. The summed E-state index contributed by atoms with van der Waals surface area (Å²) in [7, 11) is 0. The number of nitrogens with zero attached hydrogens (tertiary/aromatic N) is 2. The van der Waals surface area contributed by atoms with Crippen molar-refractivity contribution < 1.29 is 13.5 Å². The molecule has 24 heavy (non-hydrogen) atoms. The summed E-state index contributed by atoms with van der Waals surface area (Å²) in [6, 6.07) is 2.56. The minimum absolute atomic E-state index is 0. The minimum Gasteiger partial charge on any atom is -0.492 e. The first-order valence-corrected chi connectivity index (χ1v) is 7.95. The van der Waals surface area contributed by atoms with Crippen LogP contribution in [0.1, 0.15) is 13.8 Å². The van der Waals surface area contributed by atoms with Crippen molar-refractivity contribution in [2.75, 3.05) is 57.3 Å². The second-order valence-electron chi connectivity index (χ2n) is 5.35. The minimum atomic E-state index is -0.556. The Bertz CT molecular complexity index is 461. The second kappa shape index (κ2) is 11.7. The molecule has 140 valence electrons. The molecule has 4 nitrogen and oxygen atoms in total. The van der Waals surface area contributed by atoms with E-state index in [2.05, 4.69) is 24.1 Å². The molecule has 0 bridgehead atoms. The zero-order valence-corrected chi connectivity index (χ0v) is 15.8. The van der Waals surface area contributed by atoms with Gasteiger partial charge in [0.2, 0.25) is 0 Å². The highest BCUT2D eigenvalue weighted by molar-refractivity contribution is 5.85. The molecule has 0 spiro atoms. The third-order valence-electron chi connectivity index (χ3n) is 3.99. The highest BCUT2D eigenvalue weighted by Gasteiger charge is 2.20. The maximum atomic E-state index is 14.2. The third-order valence-corrected chi connectivity index (χ3v) is 3.99. The van der Waals surface area contributed by atoms with E-state index in [9.17, 15) is 8.78 Å². The Kier molecular flexibility index (Phi) is 11.3. The van der Waals surface area contributed by atoms with Gasteiger partial charge in [-0.1, -0.05) is 13.8 Å². The number of anilines is 1. The number of benzene rings is 1. The zero-order valence-electron chi connectivity index (χ0n) is 14.2. The van der Waals surface area contributed by atoms with E-state index in [0.717, 1.165) is 32.7 Å². The van der Waals surface area contributed by atoms with Crippen molar-refractivity contribution in [1.82, 2.24) is 10.2 Å². The molecule has 1 heterocycles. The van der Waals surface area contributed by atoms with Crippen LogP contribution >= 0.6 is 24.8 Å². The van der Waals surface area contributed by atoms with E-state index in [1.807, 2.05) is 0 Å². The van der Waals surface area contributed by atoms with Crippen molar-refractivity contribution in [3.8, 4) is 5.75 Å². The molecular formula is C16H27Cl2F2N3O. The van der Waals surface area contributed by atoms with Crippen LogP contribution < -0.4 is 15.0 Å². The molecule has 0 aromatic heterocycles. The summed E-state index contributed by atoms with van der Waals surface area (Å²) < 4.78 is 33.9. The molecule has 1 aliphatic heterocycles. The van der Waals surface area contributed by atoms with Gasteiger partial charge in [-0.05, 0) is 13.1 Å². The fraction of sp³-hybridized carbons (Fsp3) is 0.625. The number of nitrogens with one attached hydrogen (secondary N) is 1. The molecular weight excluding hydrogens is 359 g/mol. The lowest BCUT2D eigenvalue weighted by molar-refractivity contribution is 0.222. The van der Waals surface area contributed by atoms with Crippen LogP contribution in [0.2, 0.25) is 0 Å². The van der Waals surface area contributed by atoms with Gasteiger partial charge in [-0.2, -0.15) is 0 Å². The maximum absolute atomic E-state index is 14.2. The Morgan fingerprint density at radius 3 is 2.12 bits per heavy atom. The van der Waals surface area contributed by atoms with Crippen molar-refractivity contribution >= 4 is 30.5 Å². The SMILES string of the molecule is CCN(CC)CCOc1cc(F)c(N2CCNCC2)c(F)c1.Cl.Cl. The molecule has 1 aliphatic rings. The molecule has 1 fully saturated rings. The van der Waals surface area contributed by atoms with Crippen LogP contribution in [0.15, 0.2) is 12.1 Å². The van der Waals surface area contributed by atoms with Crippen molar-refractivity contribution in [3.05, 3.63) is 23.8 Å². The highest BCUT2D eigenvalue weighted by atomic mass is 35.5. The first kappa shape index (κ1) is 23.2. The fourth-order valence-corrected chi connectivity index (χ4v) is 2.65. The summed E-state index contributed by atoms with van der Waals surface area (Å²) in [6.45, 7) is 9.88. The first-order valence-electron chi connectivity index (χ1n) is 7.95. The van der Waals surface area contributed by atoms with Crippen LogP contribution in [-0.2, 0) is 0 Å². The summed E-state index contributed by atoms with van der Waals surface area (Å²) in [5.41, 5.74) is 0.0533. The predicted molar refractivity (Wildman–Crippen MR) is 99.2 cm³/mol. The second-order valence-corrected chi connectivity index (χ2v) is 5.35. The fourth-order valence-electron chi connectivity index (χ4n) is 2.65. The van der Waals surface area contributed by atoms with Crippen LogP contribution in [0.3, 0.4) is 0 Å². The lowest BCUT2D eigenvalue weighted by Crippen LogP contribution is -2.44. The van der Waals surface area contributed by atoms with E-state index in [4.69, 9.17) is 4.74 Å². The first-order chi connectivity index (χ1) is 10.7. The number of hydrogen-bond donors (Lipinski definition) is 1. The van der Waals surface area contributed by atoms with E-state index in [1.165, 1.54) is 12.1 Å². The van der Waals surface area contributed by atoms with Crippen molar-refractivity contribution in [3.63, 3.8) is 0 Å². The molecule has 8 heteroatoms. The molecule has 2 rings (SSSR count). The zero-order chi connectivity index (χ0) is 15.9. The van der Waals surface area contributed by atoms with Gasteiger partial charge in [-0.25, -0.2) is 8.78 Å². The Labute approximate surface area is 155 Å². The Morgan fingerprint density at radius 1 is 1.08 bits per heavy atom. The van der Waals surface area contributed by atoms with Gasteiger partial charge in [0.15, 0.2) is 11.6 Å². The third kappa shape index (κ3) is 6.24. The van der Waals surface area contributed by atoms with Gasteiger partial charge >= 0.3 is 0 Å². The molecule has 0 amide bonds. The molecule has 1 N–H and O–H groups in total. The number of likely N-dealkylation sites (N-methyl/N-ethyl adjacent to an activating group) is 1. The predicted octanol–water partition coefficient (Wildman–Crippen LogP) is 2.94. The molecule has 0 saturated carbocycles. The molecule has 0 aliphatic carbocycles. The van der Waals surface area contributed by atoms with E-state index in [0.29, 0.717) is 19.7 Å². The van der Waals surface area contributed by atoms with E-state index < -0.39 is 11.6 Å². The van der Waals surface area contributed by atoms with Crippen LogP contribution in [0.25, 0.3) is 0 Å². The Balaban J connectivity index is 0.00000264. The van der Waals surface area contributed by atoms with Gasteiger partial charge in [0.25, 0.3) is 0 Å². The summed E-state index contributed by atoms with van der Waals surface area (Å²) in [5, 5.41) is 3.17. The lowest BCUT2D eigenvalue weighted by atomic mass is 10.2. The van der Waals surface area contributed by atoms with Crippen molar-refractivity contribution in [2.24, 2.45) is 0 Å². The summed E-state index contributed by atoms with van der Waals surface area (Å²) in [5.74, 6) is -0.861. The topological polar surface area (TPSA) is 27.7 Å². The molecule has 0 radical (unpaired) electrons. The van der Waals surface area contributed by atoms with Gasteiger partial charge < -0.3 is 19.9 Å². The van der Waals surface area contributed by atoms with Crippen LogP contribution in [-0.4, -0.2) is 57.3 Å². The largest absolute Gasteiger partial charge is 0.492 e. The quantitative estimate of drug-likeness (QED) is 0.780. The normalized spacial score (nSPS) is 14.1. The number of halogens is 4. The van der Waals surface area contributed by atoms with Gasteiger partial charge in [-0.3, -0.25) is 0 Å². The average molecular weight is 386 g/mol. The monoisotopic (exact) mass is 385 g/mol. The van der Waals surface area contributed by atoms with Gasteiger partial charge in [0.1, 0.15) is 18.0 Å². The molecule has 0 unspecified atom stereocenters. The average Bonchev–Trinajstić information content (AvgIpc) is 2.52. The Hall–Kier alpha value is -0.820. The van der Waals surface area contributed by atoms with Gasteiger partial charge in [0, 0.05) is 44.9 Å². The summed E-state index contributed by atoms with van der Waals surface area (Å²) in [6.07, 6.45) is 0. The van der Waals surface area contributed by atoms with Crippen LogP contribution in [0.4, 0.5) is 14.5 Å². The molecule has 1 aromatic rings. The number of ether oxygens (including phenoxy) is 1. The van der Waals surface area contributed by atoms with Gasteiger partial charge in [0.05, 0.1) is 0 Å². The van der Waals surface area contributed by atoms with E-state index in [-0.39, 0.29) is 36.3 Å². The number of rotatable bonds is 7. The number of hydrogen-bond acceptors (Lipinski definition) is 4. The molecule has 0 atom stereocenters. The van der Waals surface area contributed by atoms with Crippen molar-refractivity contribution in [2.45, 2.75) is 13.8 Å². The van der Waals surface area contributed by atoms with Crippen LogP contribution in [0, 0.1) is 11.6 Å². The van der Waals surface area contributed by atoms with Crippen molar-refractivity contribution in [1.29, 1.82) is 0 Å². The van der Waals surface area contributed by atoms with Gasteiger partial charge in [-0.15, -0.1) is 24.8 Å². The highest BCUT2D eigenvalue weighted by Crippen LogP contribution is 2.28. The Morgan fingerprint density at radius 2 is 1.62 bits per heavy atom. The van der Waals surface area contributed by atoms with E-state index in [1.54, 1.807) is 4.90 Å². The maximum Gasteiger partial charge on any atom is 0.153 e. The summed E-state index contributed by atoms with van der Waals surface area (Å²) in [4.78, 5) is 3.93.